The summed E-state index contributed by atoms with van der Waals surface area (Å²) in [5.41, 5.74) is 2.88. The van der Waals surface area contributed by atoms with Crippen molar-refractivity contribution >= 4 is 43.5 Å². The van der Waals surface area contributed by atoms with Gasteiger partial charge in [-0.25, -0.2) is 8.42 Å². The molecule has 2 amide bonds. The molecule has 1 N–H and O–H groups in total. The summed E-state index contributed by atoms with van der Waals surface area (Å²) in [6, 6.07) is 27.2. The van der Waals surface area contributed by atoms with Gasteiger partial charge in [-0.05, 0) is 60.9 Å². The third-order valence-corrected chi connectivity index (χ3v) is 9.93. The fourth-order valence-electron chi connectivity index (χ4n) is 5.05. The number of ether oxygens (including phenoxy) is 2. The first-order valence-corrected chi connectivity index (χ1v) is 17.5. The van der Waals surface area contributed by atoms with E-state index in [-0.39, 0.29) is 29.5 Å². The Morgan fingerprint density at radius 3 is 2.13 bits per heavy atom. The molecular formula is C36H40BrN3O6S. The van der Waals surface area contributed by atoms with Crippen LogP contribution in [0.2, 0.25) is 0 Å². The van der Waals surface area contributed by atoms with Gasteiger partial charge in [-0.2, -0.15) is 0 Å². The Balaban J connectivity index is 1.81. The number of nitrogens with zero attached hydrogens (tertiary/aromatic N) is 2. The van der Waals surface area contributed by atoms with Crippen LogP contribution in [0.5, 0.6) is 11.5 Å². The molecule has 0 spiro atoms. The van der Waals surface area contributed by atoms with E-state index >= 15 is 0 Å². The summed E-state index contributed by atoms with van der Waals surface area (Å²) in [6.45, 7) is 3.82. The van der Waals surface area contributed by atoms with Gasteiger partial charge in [-0.1, -0.05) is 83.0 Å². The van der Waals surface area contributed by atoms with Crippen LogP contribution in [0.25, 0.3) is 0 Å². The summed E-state index contributed by atoms with van der Waals surface area (Å²) in [7, 11) is -1.42. The molecule has 1 atom stereocenters. The molecule has 0 aromatic heterocycles. The van der Waals surface area contributed by atoms with Gasteiger partial charge in [0.15, 0.2) is 11.5 Å². The monoisotopic (exact) mass is 721 g/mol. The van der Waals surface area contributed by atoms with Crippen molar-refractivity contribution in [3.63, 3.8) is 0 Å². The standard InChI is InChI=1S/C36H40BrN3O6S/c1-5-21-38-36(42)32(22-27-9-7-6-8-10-27)39(24-28-13-15-29(37)16-14-28)35(41)25-40(30-17-11-26(2)12-18-30)47(43,44)31-19-20-33(45-3)34(23-31)46-4/h6-20,23,32H,5,21-22,24-25H2,1-4H3,(H,38,42)/t32-/m1/s1. The average molecular weight is 723 g/mol. The predicted molar refractivity (Wildman–Crippen MR) is 187 cm³/mol. The van der Waals surface area contributed by atoms with Crippen molar-refractivity contribution in [1.82, 2.24) is 10.2 Å². The van der Waals surface area contributed by atoms with Gasteiger partial charge < -0.3 is 19.7 Å². The van der Waals surface area contributed by atoms with E-state index in [0.29, 0.717) is 18.0 Å². The summed E-state index contributed by atoms with van der Waals surface area (Å²) < 4.78 is 41.3. The van der Waals surface area contributed by atoms with Crippen molar-refractivity contribution in [2.24, 2.45) is 0 Å². The molecule has 0 aliphatic rings. The molecule has 0 saturated carbocycles. The summed E-state index contributed by atoms with van der Waals surface area (Å²) in [5.74, 6) is -0.251. The Kier molecular flexibility index (Phi) is 12.4. The van der Waals surface area contributed by atoms with Crippen molar-refractivity contribution in [2.75, 3.05) is 31.6 Å². The highest BCUT2D eigenvalue weighted by Crippen LogP contribution is 2.32. The van der Waals surface area contributed by atoms with Crippen molar-refractivity contribution < 1.29 is 27.5 Å². The number of sulfonamides is 1. The quantitative estimate of drug-likeness (QED) is 0.158. The molecular weight excluding hydrogens is 682 g/mol. The lowest BCUT2D eigenvalue weighted by atomic mass is 10.0. The van der Waals surface area contributed by atoms with Gasteiger partial charge >= 0.3 is 0 Å². The highest BCUT2D eigenvalue weighted by Gasteiger charge is 2.35. The van der Waals surface area contributed by atoms with Gasteiger partial charge in [0.1, 0.15) is 12.6 Å². The van der Waals surface area contributed by atoms with Crippen molar-refractivity contribution in [1.29, 1.82) is 0 Å². The summed E-state index contributed by atoms with van der Waals surface area (Å²) in [5, 5.41) is 2.96. The molecule has 0 heterocycles. The molecule has 11 heteroatoms. The third kappa shape index (κ3) is 9.14. The van der Waals surface area contributed by atoms with Crippen LogP contribution in [-0.2, 0) is 32.6 Å². The average Bonchev–Trinajstić information content (AvgIpc) is 3.08. The fourth-order valence-corrected chi connectivity index (χ4v) is 6.74. The Morgan fingerprint density at radius 1 is 0.851 bits per heavy atom. The summed E-state index contributed by atoms with van der Waals surface area (Å²) >= 11 is 3.46. The van der Waals surface area contributed by atoms with Gasteiger partial charge in [-0.3, -0.25) is 13.9 Å². The van der Waals surface area contributed by atoms with E-state index in [9.17, 15) is 18.0 Å². The van der Waals surface area contributed by atoms with Crippen LogP contribution in [0, 0.1) is 6.92 Å². The number of halogens is 1. The molecule has 4 aromatic rings. The number of benzene rings is 4. The van der Waals surface area contributed by atoms with Crippen molar-refractivity contribution in [2.45, 2.75) is 44.2 Å². The molecule has 0 radical (unpaired) electrons. The van der Waals surface area contributed by atoms with E-state index in [1.807, 2.05) is 68.4 Å². The maximum absolute atomic E-state index is 14.6. The number of carbonyl (C=O) groups is 2. The largest absolute Gasteiger partial charge is 0.493 e. The van der Waals surface area contributed by atoms with Crippen molar-refractivity contribution in [3.05, 3.63) is 118 Å². The zero-order valence-electron chi connectivity index (χ0n) is 27.0. The number of rotatable bonds is 15. The number of hydrogen-bond donors (Lipinski definition) is 1. The Morgan fingerprint density at radius 2 is 1.51 bits per heavy atom. The van der Waals surface area contributed by atoms with Gasteiger partial charge in [0, 0.05) is 30.0 Å². The first-order valence-electron chi connectivity index (χ1n) is 15.2. The number of carbonyl (C=O) groups excluding carboxylic acids is 2. The molecule has 47 heavy (non-hydrogen) atoms. The van der Waals surface area contributed by atoms with E-state index in [0.717, 1.165) is 31.9 Å². The molecule has 4 rings (SSSR count). The molecule has 0 aliphatic carbocycles. The number of nitrogens with one attached hydrogen (secondary N) is 1. The first kappa shape index (κ1) is 35.5. The van der Waals surface area contributed by atoms with Crippen LogP contribution in [0.3, 0.4) is 0 Å². The lowest BCUT2D eigenvalue weighted by Crippen LogP contribution is -2.53. The molecule has 248 valence electrons. The zero-order valence-corrected chi connectivity index (χ0v) is 29.4. The highest BCUT2D eigenvalue weighted by atomic mass is 79.9. The van der Waals surface area contributed by atoms with Crippen LogP contribution < -0.4 is 19.1 Å². The normalized spacial score (nSPS) is 11.8. The SMILES string of the molecule is CCCNC(=O)[C@@H](Cc1ccccc1)N(Cc1ccc(Br)cc1)C(=O)CN(c1ccc(C)cc1)S(=O)(=O)c1ccc(OC)c(OC)c1. The molecule has 0 aliphatic heterocycles. The number of aryl methyl sites for hydroxylation is 1. The van der Waals surface area contributed by atoms with Crippen LogP contribution in [0.1, 0.15) is 30.0 Å². The van der Waals surface area contributed by atoms with Gasteiger partial charge in [-0.15, -0.1) is 0 Å². The molecule has 0 bridgehead atoms. The Bertz CT molecular complexity index is 1750. The summed E-state index contributed by atoms with van der Waals surface area (Å²) in [4.78, 5) is 29.7. The maximum Gasteiger partial charge on any atom is 0.264 e. The minimum Gasteiger partial charge on any atom is -0.493 e. The molecule has 4 aromatic carbocycles. The lowest BCUT2D eigenvalue weighted by Gasteiger charge is -2.34. The first-order chi connectivity index (χ1) is 22.6. The number of methoxy groups -OCH3 is 2. The van der Waals surface area contributed by atoms with E-state index in [2.05, 4.69) is 21.2 Å². The Labute approximate surface area is 285 Å². The Hall–Kier alpha value is -4.35. The van der Waals surface area contributed by atoms with E-state index in [1.165, 1.54) is 37.3 Å². The second kappa shape index (κ2) is 16.5. The maximum atomic E-state index is 14.6. The van der Waals surface area contributed by atoms with Crippen LogP contribution in [-0.4, -0.2) is 58.5 Å². The second-order valence-electron chi connectivity index (χ2n) is 11.0. The highest BCUT2D eigenvalue weighted by molar-refractivity contribution is 9.10. The minimum atomic E-state index is -4.31. The zero-order chi connectivity index (χ0) is 34.0. The van der Waals surface area contributed by atoms with Crippen LogP contribution >= 0.6 is 15.9 Å². The molecule has 0 fully saturated rings. The summed E-state index contributed by atoms with van der Waals surface area (Å²) in [6.07, 6.45) is 0.959. The third-order valence-electron chi connectivity index (χ3n) is 7.63. The van der Waals surface area contributed by atoms with Gasteiger partial charge in [0.25, 0.3) is 10.0 Å². The van der Waals surface area contributed by atoms with Crippen molar-refractivity contribution in [3.8, 4) is 11.5 Å². The molecule has 0 saturated heterocycles. The number of amides is 2. The van der Waals surface area contributed by atoms with E-state index in [1.54, 1.807) is 24.3 Å². The van der Waals surface area contributed by atoms with Gasteiger partial charge in [0.2, 0.25) is 11.8 Å². The second-order valence-corrected chi connectivity index (χ2v) is 13.8. The predicted octanol–water partition coefficient (Wildman–Crippen LogP) is 6.14. The van der Waals surface area contributed by atoms with Crippen LogP contribution in [0.4, 0.5) is 5.69 Å². The van der Waals surface area contributed by atoms with E-state index in [4.69, 9.17) is 9.47 Å². The number of anilines is 1. The molecule has 9 nitrogen and oxygen atoms in total. The van der Waals surface area contributed by atoms with Crippen LogP contribution in [0.15, 0.2) is 106 Å². The minimum absolute atomic E-state index is 0.0792. The van der Waals surface area contributed by atoms with Gasteiger partial charge in [0.05, 0.1) is 24.8 Å². The van der Waals surface area contributed by atoms with E-state index < -0.39 is 28.5 Å². The molecule has 0 unspecified atom stereocenters. The topological polar surface area (TPSA) is 105 Å². The fraction of sp³-hybridized carbons (Fsp3) is 0.278. The smallest absolute Gasteiger partial charge is 0.264 e. The number of hydrogen-bond acceptors (Lipinski definition) is 6. The lowest BCUT2D eigenvalue weighted by molar-refractivity contribution is -0.140.